The Morgan fingerprint density at radius 1 is 1.19 bits per heavy atom. The molecular weight excluding hydrogens is 220 g/mol. The van der Waals surface area contributed by atoms with E-state index in [2.05, 4.69) is 0 Å². The summed E-state index contributed by atoms with van der Waals surface area (Å²) in [5, 5.41) is 13.1. The summed E-state index contributed by atoms with van der Waals surface area (Å²) in [6.07, 6.45) is 1.12. The Balaban J connectivity index is 2.05. The molecule has 1 unspecified atom stereocenters. The number of fused-ring (bicyclic) bond motifs is 1. The maximum atomic E-state index is 10.2. The molecule has 0 spiro atoms. The number of furan rings is 1. The van der Waals surface area contributed by atoms with Gasteiger partial charge in [-0.05, 0) is 35.2 Å². The first-order chi connectivity index (χ1) is 7.84. The fraction of sp³-hybridized carbons (Fsp3) is 0.0769. The average molecular weight is 230 g/mol. The van der Waals surface area contributed by atoms with Crippen LogP contribution in [0.15, 0.2) is 52.5 Å². The Bertz CT molecular complexity index is 595. The first kappa shape index (κ1) is 9.63. The molecule has 0 bridgehead atoms. The van der Waals surface area contributed by atoms with E-state index in [1.165, 1.54) is 0 Å². The van der Waals surface area contributed by atoms with Crippen LogP contribution in [0.4, 0.5) is 0 Å². The lowest BCUT2D eigenvalue weighted by Gasteiger charge is -2.08. The molecule has 1 N–H and O–H groups in total. The van der Waals surface area contributed by atoms with Crippen molar-refractivity contribution < 1.29 is 9.52 Å². The van der Waals surface area contributed by atoms with Crippen LogP contribution >= 0.6 is 11.3 Å². The van der Waals surface area contributed by atoms with E-state index >= 15 is 0 Å². The summed E-state index contributed by atoms with van der Waals surface area (Å²) in [6.45, 7) is 0. The highest BCUT2D eigenvalue weighted by atomic mass is 32.1. The number of hydrogen-bond donors (Lipinski definition) is 1. The number of thiophene rings is 1. The van der Waals surface area contributed by atoms with Crippen LogP contribution in [0.25, 0.3) is 11.0 Å². The zero-order valence-electron chi connectivity index (χ0n) is 8.46. The number of benzene rings is 1. The molecule has 0 radical (unpaired) electrons. The summed E-state index contributed by atoms with van der Waals surface area (Å²) in [6, 6.07) is 11.5. The maximum Gasteiger partial charge on any atom is 0.133 e. The van der Waals surface area contributed by atoms with Crippen molar-refractivity contribution in [2.24, 2.45) is 0 Å². The van der Waals surface area contributed by atoms with Crippen molar-refractivity contribution in [3.63, 3.8) is 0 Å². The predicted molar refractivity (Wildman–Crippen MR) is 64.6 cm³/mol. The monoisotopic (exact) mass is 230 g/mol. The minimum absolute atomic E-state index is 0.542. The molecule has 0 aliphatic rings. The molecule has 3 rings (SSSR count). The van der Waals surface area contributed by atoms with Gasteiger partial charge in [0.25, 0.3) is 0 Å². The Morgan fingerprint density at radius 3 is 2.94 bits per heavy atom. The van der Waals surface area contributed by atoms with E-state index in [4.69, 9.17) is 4.42 Å². The van der Waals surface area contributed by atoms with Crippen molar-refractivity contribution in [3.8, 4) is 0 Å². The molecule has 0 aliphatic carbocycles. The van der Waals surface area contributed by atoms with Gasteiger partial charge in [-0.25, -0.2) is 0 Å². The Kier molecular flexibility index (Phi) is 2.27. The molecule has 2 heterocycles. The van der Waals surface area contributed by atoms with Crippen LogP contribution in [0, 0.1) is 0 Å². The summed E-state index contributed by atoms with van der Waals surface area (Å²) >= 11 is 1.56. The fourth-order valence-corrected chi connectivity index (χ4v) is 2.50. The van der Waals surface area contributed by atoms with Gasteiger partial charge in [0, 0.05) is 10.3 Å². The fourth-order valence-electron chi connectivity index (χ4n) is 1.77. The third kappa shape index (κ3) is 1.54. The molecule has 0 saturated heterocycles. The molecule has 80 valence electrons. The van der Waals surface area contributed by atoms with E-state index in [0.29, 0.717) is 0 Å². The van der Waals surface area contributed by atoms with Crippen LogP contribution in [0.2, 0.25) is 0 Å². The summed E-state index contributed by atoms with van der Waals surface area (Å²) in [4.78, 5) is 0.961. The van der Waals surface area contributed by atoms with Crippen LogP contribution in [-0.4, -0.2) is 5.11 Å². The molecule has 3 aromatic rings. The predicted octanol–water partition coefficient (Wildman–Crippen LogP) is 3.58. The summed E-state index contributed by atoms with van der Waals surface area (Å²) in [7, 11) is 0. The van der Waals surface area contributed by atoms with E-state index in [1.54, 1.807) is 17.6 Å². The molecule has 1 atom stereocenters. The van der Waals surface area contributed by atoms with E-state index in [9.17, 15) is 5.11 Å². The second-order valence-corrected chi connectivity index (χ2v) is 4.62. The third-order valence-electron chi connectivity index (χ3n) is 2.60. The summed E-state index contributed by atoms with van der Waals surface area (Å²) in [5.74, 6) is 0. The zero-order valence-corrected chi connectivity index (χ0v) is 9.28. The first-order valence-electron chi connectivity index (χ1n) is 5.03. The van der Waals surface area contributed by atoms with Crippen molar-refractivity contribution in [1.82, 2.24) is 0 Å². The van der Waals surface area contributed by atoms with Gasteiger partial charge in [0.2, 0.25) is 0 Å². The number of rotatable bonds is 2. The van der Waals surface area contributed by atoms with Crippen molar-refractivity contribution in [3.05, 3.63) is 58.5 Å². The first-order valence-corrected chi connectivity index (χ1v) is 5.91. The normalized spacial score (nSPS) is 13.1. The van der Waals surface area contributed by atoms with Gasteiger partial charge in [0.15, 0.2) is 0 Å². The van der Waals surface area contributed by atoms with Gasteiger partial charge in [-0.3, -0.25) is 0 Å². The molecule has 0 amide bonds. The lowest BCUT2D eigenvalue weighted by atomic mass is 10.1. The van der Waals surface area contributed by atoms with Crippen LogP contribution in [0.1, 0.15) is 16.5 Å². The Morgan fingerprint density at radius 2 is 2.12 bits per heavy atom. The Hall–Kier alpha value is -1.58. The van der Waals surface area contributed by atoms with Crippen molar-refractivity contribution in [2.45, 2.75) is 6.10 Å². The molecule has 3 heteroatoms. The van der Waals surface area contributed by atoms with Crippen molar-refractivity contribution in [2.75, 3.05) is 0 Å². The van der Waals surface area contributed by atoms with Crippen LogP contribution < -0.4 is 0 Å². The maximum absolute atomic E-state index is 10.2. The smallest absolute Gasteiger partial charge is 0.133 e. The highest BCUT2D eigenvalue weighted by molar-refractivity contribution is 7.10. The largest absolute Gasteiger partial charge is 0.464 e. The lowest BCUT2D eigenvalue weighted by Crippen LogP contribution is -1.96. The molecule has 1 aromatic carbocycles. The quantitative estimate of drug-likeness (QED) is 0.730. The lowest BCUT2D eigenvalue weighted by molar-refractivity contribution is 0.224. The van der Waals surface area contributed by atoms with Gasteiger partial charge in [-0.15, -0.1) is 11.3 Å². The van der Waals surface area contributed by atoms with Crippen molar-refractivity contribution in [1.29, 1.82) is 0 Å². The molecular formula is C13H10O2S. The second kappa shape index (κ2) is 3.77. The standard InChI is InChI=1S/C13H10O2S/c14-13(12-2-1-7-16-12)10-3-4-11-9(8-10)5-6-15-11/h1-8,13-14H. The van der Waals surface area contributed by atoms with Crippen LogP contribution in [0.5, 0.6) is 0 Å². The molecule has 0 aliphatic heterocycles. The average Bonchev–Trinajstić information content (AvgIpc) is 2.98. The SMILES string of the molecule is OC(c1ccc2occc2c1)c1cccs1. The topological polar surface area (TPSA) is 33.4 Å². The summed E-state index contributed by atoms with van der Waals surface area (Å²) in [5.41, 5.74) is 1.75. The Labute approximate surface area is 96.8 Å². The van der Waals surface area contributed by atoms with Gasteiger partial charge >= 0.3 is 0 Å². The number of aliphatic hydroxyl groups is 1. The van der Waals surface area contributed by atoms with Crippen molar-refractivity contribution >= 4 is 22.3 Å². The van der Waals surface area contributed by atoms with Gasteiger partial charge in [0.1, 0.15) is 11.7 Å². The van der Waals surface area contributed by atoms with Gasteiger partial charge in [-0.1, -0.05) is 12.1 Å². The zero-order chi connectivity index (χ0) is 11.0. The third-order valence-corrected chi connectivity index (χ3v) is 3.53. The second-order valence-electron chi connectivity index (χ2n) is 3.64. The molecule has 0 saturated carbocycles. The highest BCUT2D eigenvalue weighted by Crippen LogP contribution is 2.28. The number of hydrogen-bond acceptors (Lipinski definition) is 3. The molecule has 2 nitrogen and oxygen atoms in total. The van der Waals surface area contributed by atoms with E-state index in [0.717, 1.165) is 21.4 Å². The summed E-state index contributed by atoms with van der Waals surface area (Å²) < 4.78 is 5.26. The van der Waals surface area contributed by atoms with Crippen LogP contribution in [0.3, 0.4) is 0 Å². The highest BCUT2D eigenvalue weighted by Gasteiger charge is 2.12. The van der Waals surface area contributed by atoms with Gasteiger partial charge in [0.05, 0.1) is 6.26 Å². The van der Waals surface area contributed by atoms with Crippen LogP contribution in [-0.2, 0) is 0 Å². The minimum Gasteiger partial charge on any atom is -0.464 e. The van der Waals surface area contributed by atoms with Gasteiger partial charge < -0.3 is 9.52 Å². The molecule has 0 fully saturated rings. The number of aliphatic hydroxyl groups excluding tert-OH is 1. The van der Waals surface area contributed by atoms with E-state index in [1.807, 2.05) is 41.8 Å². The van der Waals surface area contributed by atoms with E-state index < -0.39 is 6.10 Å². The molecule has 2 aromatic heterocycles. The minimum atomic E-state index is -0.542. The van der Waals surface area contributed by atoms with Gasteiger partial charge in [-0.2, -0.15) is 0 Å². The molecule has 16 heavy (non-hydrogen) atoms. The van der Waals surface area contributed by atoms with E-state index in [-0.39, 0.29) is 0 Å².